The number of benzene rings is 1. The molecular weight excluding hydrogens is 332 g/mol. The molecule has 1 atom stereocenters. The van der Waals surface area contributed by atoms with E-state index >= 15 is 0 Å². The van der Waals surface area contributed by atoms with Crippen LogP contribution in [0.3, 0.4) is 0 Å². The van der Waals surface area contributed by atoms with Gasteiger partial charge in [-0.2, -0.15) is 4.31 Å². The molecule has 0 aliphatic carbocycles. The Morgan fingerprint density at radius 2 is 2.21 bits per heavy atom. The number of nitro benzene ring substituents is 1. The molecule has 0 radical (unpaired) electrons. The van der Waals surface area contributed by atoms with Crippen LogP contribution < -0.4 is 5.32 Å². The molecule has 1 N–H and O–H groups in total. The molecule has 1 unspecified atom stereocenters. The van der Waals surface area contributed by atoms with Crippen molar-refractivity contribution in [3.8, 4) is 0 Å². The Balaban J connectivity index is 2.15. The number of sulfonamides is 1. The van der Waals surface area contributed by atoms with E-state index in [-0.39, 0.29) is 27.5 Å². The lowest BCUT2D eigenvalue weighted by Crippen LogP contribution is -2.40. The van der Waals surface area contributed by atoms with Crippen molar-refractivity contribution in [3.05, 3.63) is 40.6 Å². The molecule has 3 rings (SSSR count). The van der Waals surface area contributed by atoms with Gasteiger partial charge in [-0.05, 0) is 38.1 Å². The second-order valence-corrected chi connectivity index (χ2v) is 7.57. The second-order valence-electron chi connectivity index (χ2n) is 5.71. The van der Waals surface area contributed by atoms with Gasteiger partial charge in [0.1, 0.15) is 4.90 Å². The molecule has 0 spiro atoms. The maximum absolute atomic E-state index is 13.1. The van der Waals surface area contributed by atoms with Crippen LogP contribution in [0.2, 0.25) is 0 Å². The number of nitro groups is 1. The summed E-state index contributed by atoms with van der Waals surface area (Å²) in [4.78, 5) is 14.8. The van der Waals surface area contributed by atoms with Crippen LogP contribution in [0, 0.1) is 10.1 Å². The highest BCUT2D eigenvalue weighted by Gasteiger charge is 2.36. The average Bonchev–Trinajstić information content (AvgIpc) is 3.03. The maximum atomic E-state index is 13.1. The Morgan fingerprint density at radius 3 is 2.92 bits per heavy atom. The Kier molecular flexibility index (Phi) is 4.48. The van der Waals surface area contributed by atoms with Gasteiger partial charge >= 0.3 is 0 Å². The summed E-state index contributed by atoms with van der Waals surface area (Å²) >= 11 is 0. The lowest BCUT2D eigenvalue weighted by atomic mass is 10.2. The second kappa shape index (κ2) is 6.42. The first-order chi connectivity index (χ1) is 11.5. The lowest BCUT2D eigenvalue weighted by molar-refractivity contribution is -0.383. The zero-order valence-corrected chi connectivity index (χ0v) is 14.0. The monoisotopic (exact) mass is 350 g/mol. The van der Waals surface area contributed by atoms with Gasteiger partial charge in [-0.1, -0.05) is 0 Å². The molecule has 0 bridgehead atoms. The minimum Gasteiger partial charge on any atom is -0.318 e. The first-order valence-corrected chi connectivity index (χ1v) is 9.09. The summed E-state index contributed by atoms with van der Waals surface area (Å²) < 4.78 is 27.7. The molecule has 128 valence electrons. The number of non-ortho nitro benzene ring substituents is 1. The van der Waals surface area contributed by atoms with Crippen LogP contribution in [-0.4, -0.2) is 48.8 Å². The highest BCUT2D eigenvalue weighted by Crippen LogP contribution is 2.33. The molecule has 1 aliphatic rings. The summed E-state index contributed by atoms with van der Waals surface area (Å²) in [6.45, 7) is 1.01. The van der Waals surface area contributed by atoms with Crippen molar-refractivity contribution in [2.24, 2.45) is 0 Å². The SMILES string of the molecule is CNCC1CCCN1S(=O)(=O)c1ccc([N+](=O)[O-])c2cccnc12. The first-order valence-electron chi connectivity index (χ1n) is 7.65. The fraction of sp³-hybridized carbons (Fsp3) is 0.400. The van der Waals surface area contributed by atoms with Crippen molar-refractivity contribution in [1.82, 2.24) is 14.6 Å². The Morgan fingerprint density at radius 1 is 1.42 bits per heavy atom. The predicted octanol–water partition coefficient (Wildman–Crippen LogP) is 1.52. The Hall–Kier alpha value is -2.10. The van der Waals surface area contributed by atoms with Crippen molar-refractivity contribution in [1.29, 1.82) is 0 Å². The number of aromatic nitrogens is 1. The normalized spacial score (nSPS) is 19.0. The summed E-state index contributed by atoms with van der Waals surface area (Å²) in [7, 11) is -1.99. The highest BCUT2D eigenvalue weighted by atomic mass is 32.2. The molecule has 1 aromatic carbocycles. The van der Waals surface area contributed by atoms with Crippen LogP contribution in [0.25, 0.3) is 10.9 Å². The summed E-state index contributed by atoms with van der Waals surface area (Å²) in [5.41, 5.74) is -0.00736. The van der Waals surface area contributed by atoms with E-state index in [0.717, 1.165) is 12.8 Å². The molecule has 1 fully saturated rings. The maximum Gasteiger partial charge on any atom is 0.278 e. The van der Waals surface area contributed by atoms with Crippen molar-refractivity contribution < 1.29 is 13.3 Å². The number of nitrogens with zero attached hydrogens (tertiary/aromatic N) is 3. The van der Waals surface area contributed by atoms with Gasteiger partial charge in [-0.3, -0.25) is 15.1 Å². The van der Waals surface area contributed by atoms with E-state index in [1.807, 2.05) is 0 Å². The summed E-state index contributed by atoms with van der Waals surface area (Å²) in [5, 5.41) is 14.4. The van der Waals surface area contributed by atoms with Gasteiger partial charge < -0.3 is 5.32 Å². The minimum atomic E-state index is -3.77. The molecule has 2 aromatic rings. The van der Waals surface area contributed by atoms with Crippen molar-refractivity contribution in [2.45, 2.75) is 23.8 Å². The molecule has 24 heavy (non-hydrogen) atoms. The molecule has 0 saturated carbocycles. The fourth-order valence-electron chi connectivity index (χ4n) is 3.19. The topological polar surface area (TPSA) is 105 Å². The van der Waals surface area contributed by atoms with E-state index in [1.54, 1.807) is 13.1 Å². The van der Waals surface area contributed by atoms with E-state index in [0.29, 0.717) is 13.1 Å². The molecular formula is C15H18N4O4S. The number of hydrogen-bond donors (Lipinski definition) is 1. The van der Waals surface area contributed by atoms with Gasteiger partial charge in [-0.25, -0.2) is 8.42 Å². The van der Waals surface area contributed by atoms with Crippen LogP contribution in [-0.2, 0) is 10.0 Å². The van der Waals surface area contributed by atoms with Crippen LogP contribution in [0.5, 0.6) is 0 Å². The van der Waals surface area contributed by atoms with E-state index < -0.39 is 14.9 Å². The molecule has 0 amide bonds. The summed E-state index contributed by atoms with van der Waals surface area (Å²) in [5.74, 6) is 0. The smallest absolute Gasteiger partial charge is 0.278 e. The van der Waals surface area contributed by atoms with Gasteiger partial charge in [0.15, 0.2) is 0 Å². The summed E-state index contributed by atoms with van der Waals surface area (Å²) in [6, 6.07) is 5.49. The molecule has 1 aliphatic heterocycles. The lowest BCUT2D eigenvalue weighted by Gasteiger charge is -2.24. The largest absolute Gasteiger partial charge is 0.318 e. The molecule has 2 heterocycles. The van der Waals surface area contributed by atoms with Gasteiger partial charge in [-0.15, -0.1) is 0 Å². The van der Waals surface area contributed by atoms with Crippen LogP contribution in [0.4, 0.5) is 5.69 Å². The van der Waals surface area contributed by atoms with E-state index in [4.69, 9.17) is 0 Å². The third-order valence-electron chi connectivity index (χ3n) is 4.26. The van der Waals surface area contributed by atoms with Crippen LogP contribution in [0.15, 0.2) is 35.4 Å². The van der Waals surface area contributed by atoms with E-state index in [9.17, 15) is 18.5 Å². The fourth-order valence-corrected chi connectivity index (χ4v) is 5.03. The third-order valence-corrected chi connectivity index (χ3v) is 6.24. The number of rotatable bonds is 5. The molecule has 1 saturated heterocycles. The third kappa shape index (κ3) is 2.74. The zero-order valence-electron chi connectivity index (χ0n) is 13.2. The van der Waals surface area contributed by atoms with Gasteiger partial charge in [0.05, 0.1) is 15.8 Å². The van der Waals surface area contributed by atoms with E-state index in [1.165, 1.54) is 28.7 Å². The number of nitrogens with one attached hydrogen (secondary N) is 1. The molecule has 8 nitrogen and oxygen atoms in total. The highest BCUT2D eigenvalue weighted by molar-refractivity contribution is 7.89. The van der Waals surface area contributed by atoms with Crippen molar-refractivity contribution in [3.63, 3.8) is 0 Å². The van der Waals surface area contributed by atoms with E-state index in [2.05, 4.69) is 10.3 Å². The predicted molar refractivity (Wildman–Crippen MR) is 89.2 cm³/mol. The Bertz CT molecular complexity index is 884. The van der Waals surface area contributed by atoms with Crippen molar-refractivity contribution in [2.75, 3.05) is 20.1 Å². The molecule has 9 heteroatoms. The first kappa shape index (κ1) is 16.7. The van der Waals surface area contributed by atoms with Crippen LogP contribution >= 0.6 is 0 Å². The van der Waals surface area contributed by atoms with Gasteiger partial charge in [0.25, 0.3) is 5.69 Å². The average molecular weight is 350 g/mol. The zero-order chi connectivity index (χ0) is 17.3. The van der Waals surface area contributed by atoms with Crippen LogP contribution in [0.1, 0.15) is 12.8 Å². The van der Waals surface area contributed by atoms with Gasteiger partial charge in [0, 0.05) is 31.4 Å². The number of fused-ring (bicyclic) bond motifs is 1. The Labute approximate surface area is 139 Å². The van der Waals surface area contributed by atoms with Crippen molar-refractivity contribution >= 4 is 26.6 Å². The number of likely N-dealkylation sites (N-methyl/N-ethyl adjacent to an activating group) is 1. The minimum absolute atomic E-state index is 0.0201. The number of pyridine rings is 1. The summed E-state index contributed by atoms with van der Waals surface area (Å²) in [6.07, 6.45) is 3.03. The quantitative estimate of drug-likeness (QED) is 0.647. The van der Waals surface area contributed by atoms with Gasteiger partial charge in [0.2, 0.25) is 10.0 Å². The standard InChI is InChI=1S/C15H18N4O4S/c1-16-10-11-4-3-9-18(11)24(22,23)14-7-6-13(19(20)21)12-5-2-8-17-15(12)14/h2,5-8,11,16H,3-4,9-10H2,1H3. The molecule has 1 aromatic heterocycles. The number of hydrogen-bond acceptors (Lipinski definition) is 6.